The first-order chi connectivity index (χ1) is 7.25. The maximum absolute atomic E-state index is 4.50. The van der Waals surface area contributed by atoms with Crippen LogP contribution in [0.5, 0.6) is 0 Å². The van der Waals surface area contributed by atoms with E-state index in [0.29, 0.717) is 0 Å². The monoisotopic (exact) mass is 281 g/mol. The fourth-order valence-corrected chi connectivity index (χ4v) is 2.87. The van der Waals surface area contributed by atoms with E-state index in [0.717, 1.165) is 22.3 Å². The Labute approximate surface area is 102 Å². The Morgan fingerprint density at radius 3 is 2.53 bits per heavy atom. The van der Waals surface area contributed by atoms with Gasteiger partial charge in [0.15, 0.2) is 0 Å². The molecule has 78 valence electrons. The van der Waals surface area contributed by atoms with Gasteiger partial charge in [-0.1, -0.05) is 30.3 Å². The summed E-state index contributed by atoms with van der Waals surface area (Å²) in [5, 5.41) is 1.21. The van der Waals surface area contributed by atoms with E-state index in [2.05, 4.69) is 45.2 Å². The second-order valence-corrected chi connectivity index (χ2v) is 5.85. The van der Waals surface area contributed by atoms with Gasteiger partial charge in [0.25, 0.3) is 0 Å². The lowest BCUT2D eigenvalue weighted by molar-refractivity contribution is 0.936. The molecule has 0 aliphatic rings. The number of thiazole rings is 1. The molecule has 0 bridgehead atoms. The van der Waals surface area contributed by atoms with Crippen molar-refractivity contribution in [2.24, 2.45) is 0 Å². The molecule has 0 aliphatic heterocycles. The van der Waals surface area contributed by atoms with Crippen molar-refractivity contribution < 1.29 is 0 Å². The molecule has 0 spiro atoms. The highest BCUT2D eigenvalue weighted by molar-refractivity contribution is 9.11. The van der Waals surface area contributed by atoms with Crippen LogP contribution < -0.4 is 0 Å². The van der Waals surface area contributed by atoms with Crippen LogP contribution in [0.4, 0.5) is 0 Å². The third-order valence-corrected chi connectivity index (χ3v) is 4.32. The highest BCUT2D eigenvalue weighted by Crippen LogP contribution is 2.24. The average molecular weight is 282 g/mol. The fraction of sp³-hybridized carbons (Fsp3) is 0.250. The van der Waals surface area contributed by atoms with Gasteiger partial charge in [-0.25, -0.2) is 4.98 Å². The van der Waals surface area contributed by atoms with Crippen LogP contribution in [0.1, 0.15) is 16.3 Å². The number of aromatic nitrogens is 1. The van der Waals surface area contributed by atoms with Crippen LogP contribution in [0.15, 0.2) is 34.1 Å². The first-order valence-electron chi connectivity index (χ1n) is 4.91. The number of nitrogens with zero attached hydrogens (tertiary/aromatic N) is 1. The lowest BCUT2D eigenvalue weighted by Gasteiger charge is -1.97. The van der Waals surface area contributed by atoms with Gasteiger partial charge in [0.1, 0.15) is 0 Å². The van der Waals surface area contributed by atoms with Crippen molar-refractivity contribution in [1.29, 1.82) is 0 Å². The maximum atomic E-state index is 4.50. The van der Waals surface area contributed by atoms with Gasteiger partial charge in [0, 0.05) is 6.42 Å². The lowest BCUT2D eigenvalue weighted by Crippen LogP contribution is -1.90. The predicted octanol–water partition coefficient (Wildman–Crippen LogP) is 4.00. The Kier molecular flexibility index (Phi) is 3.54. The summed E-state index contributed by atoms with van der Waals surface area (Å²) in [5.41, 5.74) is 2.48. The number of aryl methyl sites for hydroxylation is 3. The Bertz CT molecular complexity index is 417. The molecule has 0 aliphatic carbocycles. The summed E-state index contributed by atoms with van der Waals surface area (Å²) in [7, 11) is 0. The van der Waals surface area contributed by atoms with Gasteiger partial charge in [0.05, 0.1) is 14.5 Å². The van der Waals surface area contributed by atoms with E-state index in [1.807, 2.05) is 13.0 Å². The van der Waals surface area contributed by atoms with Crippen molar-refractivity contribution in [2.75, 3.05) is 0 Å². The molecule has 2 aromatic rings. The number of halogens is 1. The van der Waals surface area contributed by atoms with Gasteiger partial charge in [-0.3, -0.25) is 0 Å². The lowest BCUT2D eigenvalue weighted by atomic mass is 10.1. The Balaban J connectivity index is 1.99. The number of benzene rings is 1. The zero-order chi connectivity index (χ0) is 10.7. The summed E-state index contributed by atoms with van der Waals surface area (Å²) in [4.78, 5) is 4.50. The van der Waals surface area contributed by atoms with Crippen molar-refractivity contribution in [3.63, 3.8) is 0 Å². The Morgan fingerprint density at radius 2 is 1.93 bits per heavy atom. The average Bonchev–Trinajstić information content (AvgIpc) is 2.57. The van der Waals surface area contributed by atoms with Crippen molar-refractivity contribution >= 4 is 27.3 Å². The molecular formula is C12H12BrNS. The molecule has 3 heteroatoms. The number of hydrogen-bond acceptors (Lipinski definition) is 2. The van der Waals surface area contributed by atoms with E-state index >= 15 is 0 Å². The third kappa shape index (κ3) is 2.89. The fourth-order valence-electron chi connectivity index (χ4n) is 1.43. The normalized spacial score (nSPS) is 10.5. The van der Waals surface area contributed by atoms with Crippen LogP contribution in [0, 0.1) is 6.92 Å². The summed E-state index contributed by atoms with van der Waals surface area (Å²) in [6, 6.07) is 10.5. The molecule has 0 atom stereocenters. The zero-order valence-corrected chi connectivity index (χ0v) is 10.9. The topological polar surface area (TPSA) is 12.9 Å². The molecule has 1 aromatic heterocycles. The molecule has 0 unspecified atom stereocenters. The first kappa shape index (κ1) is 10.8. The van der Waals surface area contributed by atoms with Crippen LogP contribution in [0.2, 0.25) is 0 Å². The molecular weight excluding hydrogens is 270 g/mol. The third-order valence-electron chi connectivity index (χ3n) is 2.25. The molecule has 1 nitrogen and oxygen atoms in total. The van der Waals surface area contributed by atoms with Crippen LogP contribution in [-0.2, 0) is 12.8 Å². The van der Waals surface area contributed by atoms with Gasteiger partial charge < -0.3 is 0 Å². The summed E-state index contributed by atoms with van der Waals surface area (Å²) >= 11 is 5.24. The molecule has 1 aromatic carbocycles. The minimum atomic E-state index is 1.03. The van der Waals surface area contributed by atoms with Crippen molar-refractivity contribution in [3.05, 3.63) is 50.4 Å². The second-order valence-electron chi connectivity index (χ2n) is 3.45. The Morgan fingerprint density at radius 1 is 1.20 bits per heavy atom. The van der Waals surface area contributed by atoms with Gasteiger partial charge in [-0.05, 0) is 34.8 Å². The first-order valence-corrected chi connectivity index (χ1v) is 6.52. The van der Waals surface area contributed by atoms with Crippen molar-refractivity contribution in [1.82, 2.24) is 4.98 Å². The summed E-state index contributed by atoms with van der Waals surface area (Å²) in [5.74, 6) is 0. The van der Waals surface area contributed by atoms with Crippen LogP contribution in [-0.4, -0.2) is 4.98 Å². The molecule has 0 N–H and O–H groups in total. The van der Waals surface area contributed by atoms with Crippen LogP contribution >= 0.6 is 27.3 Å². The molecule has 0 fully saturated rings. The molecule has 0 amide bonds. The standard InChI is InChI=1S/C12H12BrNS/c1-9-12(13)15-11(14-9)8-7-10-5-3-2-4-6-10/h2-6H,7-8H2,1H3. The van der Waals surface area contributed by atoms with Crippen molar-refractivity contribution in [2.45, 2.75) is 19.8 Å². The van der Waals surface area contributed by atoms with Gasteiger partial charge >= 0.3 is 0 Å². The molecule has 15 heavy (non-hydrogen) atoms. The van der Waals surface area contributed by atoms with Crippen molar-refractivity contribution in [3.8, 4) is 0 Å². The molecule has 2 rings (SSSR count). The minimum Gasteiger partial charge on any atom is -0.245 e. The van der Waals surface area contributed by atoms with E-state index in [9.17, 15) is 0 Å². The van der Waals surface area contributed by atoms with E-state index < -0.39 is 0 Å². The van der Waals surface area contributed by atoms with E-state index in [1.165, 1.54) is 10.6 Å². The zero-order valence-electron chi connectivity index (χ0n) is 8.53. The quantitative estimate of drug-likeness (QED) is 0.829. The largest absolute Gasteiger partial charge is 0.245 e. The minimum absolute atomic E-state index is 1.03. The van der Waals surface area contributed by atoms with E-state index in [1.54, 1.807) is 11.3 Å². The molecule has 0 radical (unpaired) electrons. The van der Waals surface area contributed by atoms with Gasteiger partial charge in [0.2, 0.25) is 0 Å². The Hall–Kier alpha value is -0.670. The number of hydrogen-bond donors (Lipinski definition) is 0. The summed E-state index contributed by atoms with van der Waals surface area (Å²) in [6.07, 6.45) is 2.10. The maximum Gasteiger partial charge on any atom is 0.0943 e. The number of rotatable bonds is 3. The second kappa shape index (κ2) is 4.90. The van der Waals surface area contributed by atoms with E-state index in [4.69, 9.17) is 0 Å². The SMILES string of the molecule is Cc1nc(CCc2ccccc2)sc1Br. The van der Waals surface area contributed by atoms with Gasteiger partial charge in [-0.15, -0.1) is 11.3 Å². The smallest absolute Gasteiger partial charge is 0.0943 e. The predicted molar refractivity (Wildman–Crippen MR) is 68.4 cm³/mol. The van der Waals surface area contributed by atoms with E-state index in [-0.39, 0.29) is 0 Å². The summed E-state index contributed by atoms with van der Waals surface area (Å²) in [6.45, 7) is 2.03. The molecule has 1 heterocycles. The summed E-state index contributed by atoms with van der Waals surface area (Å²) < 4.78 is 1.16. The molecule has 0 saturated carbocycles. The highest BCUT2D eigenvalue weighted by atomic mass is 79.9. The highest BCUT2D eigenvalue weighted by Gasteiger charge is 2.04. The van der Waals surface area contributed by atoms with Gasteiger partial charge in [-0.2, -0.15) is 0 Å². The van der Waals surface area contributed by atoms with Crippen LogP contribution in [0.25, 0.3) is 0 Å². The molecule has 0 saturated heterocycles. The van der Waals surface area contributed by atoms with Crippen LogP contribution in [0.3, 0.4) is 0 Å².